The first-order valence-electron chi connectivity index (χ1n) is 11.4. The Morgan fingerprint density at radius 2 is 1.88 bits per heavy atom. The molecular weight excluding hydrogens is 426 g/mol. The Morgan fingerprint density at radius 3 is 2.65 bits per heavy atom. The predicted octanol–water partition coefficient (Wildman–Crippen LogP) is 4.61. The highest BCUT2D eigenvalue weighted by molar-refractivity contribution is 6.13. The number of aromatic nitrogens is 1. The molecule has 3 aromatic rings. The van der Waals surface area contributed by atoms with Gasteiger partial charge in [0, 0.05) is 23.7 Å². The lowest BCUT2D eigenvalue weighted by atomic mass is 9.93. The number of nitrogens with zero attached hydrogens (tertiary/aromatic N) is 2. The molecule has 0 saturated heterocycles. The van der Waals surface area contributed by atoms with Crippen LogP contribution in [0.3, 0.4) is 0 Å². The summed E-state index contributed by atoms with van der Waals surface area (Å²) in [6.07, 6.45) is 5.78. The number of pyridine rings is 1. The molecule has 0 fully saturated rings. The van der Waals surface area contributed by atoms with Gasteiger partial charge in [0.25, 0.3) is 5.91 Å². The number of ketones is 1. The number of amides is 1. The lowest BCUT2D eigenvalue weighted by Gasteiger charge is -2.34. The summed E-state index contributed by atoms with van der Waals surface area (Å²) in [7, 11) is 0. The summed E-state index contributed by atoms with van der Waals surface area (Å²) in [5.74, 6) is 1.03. The van der Waals surface area contributed by atoms with E-state index in [0.717, 1.165) is 17.7 Å². The number of hydrogen-bond acceptors (Lipinski definition) is 5. The van der Waals surface area contributed by atoms with E-state index in [0.29, 0.717) is 28.3 Å². The van der Waals surface area contributed by atoms with Gasteiger partial charge in [0.15, 0.2) is 5.78 Å². The Hall–Kier alpha value is -4.19. The fourth-order valence-corrected chi connectivity index (χ4v) is 4.21. The number of ether oxygens (including phenoxy) is 1. The van der Waals surface area contributed by atoms with Crippen molar-refractivity contribution in [1.82, 2.24) is 10.3 Å². The molecule has 1 N–H and O–H groups in total. The molecule has 0 saturated carbocycles. The van der Waals surface area contributed by atoms with Gasteiger partial charge in [0.1, 0.15) is 17.7 Å². The highest BCUT2D eigenvalue weighted by Crippen LogP contribution is 2.36. The molecule has 0 bridgehead atoms. The number of carbonyl (C=O) groups excluding carboxylic acids is 2. The van der Waals surface area contributed by atoms with Crippen LogP contribution in [0, 0.1) is 6.92 Å². The Bertz CT molecular complexity index is 1320. The van der Waals surface area contributed by atoms with Gasteiger partial charge >= 0.3 is 0 Å². The molecule has 1 atom stereocenters. The second-order valence-electron chi connectivity index (χ2n) is 8.35. The summed E-state index contributed by atoms with van der Waals surface area (Å²) in [5, 5.41) is 3.00. The number of Topliss-reactive ketones (excluding diaryl/α,β-unsaturated/α-hetero) is 1. The second kappa shape index (κ2) is 8.98. The summed E-state index contributed by atoms with van der Waals surface area (Å²) in [6, 6.07) is 18.7. The molecular formula is C28H25N3O3. The molecule has 3 heterocycles. The van der Waals surface area contributed by atoms with E-state index in [4.69, 9.17) is 4.74 Å². The minimum Gasteiger partial charge on any atom is -0.481 e. The summed E-state index contributed by atoms with van der Waals surface area (Å²) in [6.45, 7) is 4.30. The van der Waals surface area contributed by atoms with Crippen LogP contribution in [0.5, 0.6) is 5.75 Å². The van der Waals surface area contributed by atoms with Gasteiger partial charge in [-0.2, -0.15) is 0 Å². The van der Waals surface area contributed by atoms with E-state index >= 15 is 0 Å². The van der Waals surface area contributed by atoms with Crippen LogP contribution in [0.15, 0.2) is 90.4 Å². The monoisotopic (exact) mass is 451 g/mol. The lowest BCUT2D eigenvalue weighted by molar-refractivity contribution is 0.0950. The summed E-state index contributed by atoms with van der Waals surface area (Å²) < 4.78 is 6.14. The molecule has 6 heteroatoms. The number of rotatable bonds is 5. The van der Waals surface area contributed by atoms with Crippen LogP contribution in [0.4, 0.5) is 5.82 Å². The van der Waals surface area contributed by atoms with E-state index in [1.54, 1.807) is 24.5 Å². The van der Waals surface area contributed by atoms with Gasteiger partial charge in [-0.3, -0.25) is 9.59 Å². The quantitative estimate of drug-likeness (QED) is 0.613. The zero-order valence-corrected chi connectivity index (χ0v) is 19.1. The Balaban J connectivity index is 1.46. The topological polar surface area (TPSA) is 71.5 Å². The van der Waals surface area contributed by atoms with Crippen molar-refractivity contribution in [3.05, 3.63) is 113 Å². The van der Waals surface area contributed by atoms with Crippen molar-refractivity contribution in [2.75, 3.05) is 11.4 Å². The van der Waals surface area contributed by atoms with Crippen molar-refractivity contribution in [3.63, 3.8) is 0 Å². The zero-order valence-electron chi connectivity index (χ0n) is 19.1. The molecule has 0 radical (unpaired) electrons. The number of nitrogens with one attached hydrogen (secondary N) is 1. The standard InChI is InChI=1S/C28H25N3O3/c1-3-19-10-12-20(13-11-19)28(33)30-16-21-15-25-23(17-31(21)27-18(2)7-6-14-29-27)26(32)22-8-4-5-9-24(22)34-25/h4-15,17,25H,3,16H2,1-2H3,(H,30,33)/t25-/m1/s1. The third-order valence-electron chi connectivity index (χ3n) is 6.14. The van der Waals surface area contributed by atoms with E-state index in [1.165, 1.54) is 5.56 Å². The van der Waals surface area contributed by atoms with E-state index in [-0.39, 0.29) is 18.2 Å². The average Bonchev–Trinajstić information content (AvgIpc) is 2.87. The van der Waals surface area contributed by atoms with Gasteiger partial charge in [-0.05, 0) is 60.9 Å². The van der Waals surface area contributed by atoms with Crippen molar-refractivity contribution in [3.8, 4) is 5.75 Å². The van der Waals surface area contributed by atoms with Crippen LogP contribution in [0.2, 0.25) is 0 Å². The highest BCUT2D eigenvalue weighted by Gasteiger charge is 2.35. The number of para-hydroxylation sites is 1. The molecule has 2 aromatic carbocycles. The molecule has 2 aliphatic heterocycles. The van der Waals surface area contributed by atoms with Crippen LogP contribution >= 0.6 is 0 Å². The minimum absolute atomic E-state index is 0.0687. The number of aryl methyl sites for hydroxylation is 2. The maximum absolute atomic E-state index is 13.2. The molecule has 5 rings (SSSR count). The highest BCUT2D eigenvalue weighted by atomic mass is 16.5. The molecule has 34 heavy (non-hydrogen) atoms. The third-order valence-corrected chi connectivity index (χ3v) is 6.14. The summed E-state index contributed by atoms with van der Waals surface area (Å²) in [5.41, 5.74) is 4.59. The van der Waals surface area contributed by atoms with Crippen molar-refractivity contribution < 1.29 is 14.3 Å². The SMILES string of the molecule is CCc1ccc(C(=O)NCC2=C[C@H]3Oc4ccccc4C(=O)C3=CN2c2ncccc2C)cc1. The first-order valence-corrected chi connectivity index (χ1v) is 11.4. The van der Waals surface area contributed by atoms with Gasteiger partial charge in [-0.15, -0.1) is 0 Å². The number of hydrogen-bond donors (Lipinski definition) is 1. The number of fused-ring (bicyclic) bond motifs is 2. The number of anilines is 1. The average molecular weight is 452 g/mol. The van der Waals surface area contributed by atoms with Gasteiger partial charge in [-0.25, -0.2) is 4.98 Å². The van der Waals surface area contributed by atoms with Crippen molar-refractivity contribution in [1.29, 1.82) is 0 Å². The second-order valence-corrected chi connectivity index (χ2v) is 8.35. The predicted molar refractivity (Wildman–Crippen MR) is 131 cm³/mol. The summed E-state index contributed by atoms with van der Waals surface area (Å²) in [4.78, 5) is 32.5. The molecule has 0 spiro atoms. The first kappa shape index (κ1) is 21.6. The molecule has 1 amide bonds. The number of benzene rings is 2. The smallest absolute Gasteiger partial charge is 0.251 e. The van der Waals surface area contributed by atoms with Gasteiger partial charge in [0.05, 0.1) is 17.7 Å². The molecule has 0 aliphatic carbocycles. The fraction of sp³-hybridized carbons (Fsp3) is 0.179. The third kappa shape index (κ3) is 3.99. The van der Waals surface area contributed by atoms with E-state index in [9.17, 15) is 9.59 Å². The fourth-order valence-electron chi connectivity index (χ4n) is 4.21. The Morgan fingerprint density at radius 1 is 1.09 bits per heavy atom. The Labute approximate surface area is 198 Å². The maximum atomic E-state index is 13.2. The van der Waals surface area contributed by atoms with Crippen LogP contribution in [-0.4, -0.2) is 29.3 Å². The maximum Gasteiger partial charge on any atom is 0.251 e. The first-order chi connectivity index (χ1) is 16.5. The van der Waals surface area contributed by atoms with Gasteiger partial charge < -0.3 is 15.0 Å². The Kier molecular flexibility index (Phi) is 5.72. The normalized spacial score (nSPS) is 16.6. The molecule has 170 valence electrons. The largest absolute Gasteiger partial charge is 0.481 e. The van der Waals surface area contributed by atoms with Gasteiger partial charge in [0.2, 0.25) is 0 Å². The molecule has 0 unspecified atom stereocenters. The van der Waals surface area contributed by atoms with Crippen molar-refractivity contribution >= 4 is 17.5 Å². The minimum atomic E-state index is -0.529. The molecule has 6 nitrogen and oxygen atoms in total. The van der Waals surface area contributed by atoms with Crippen LogP contribution in [-0.2, 0) is 6.42 Å². The van der Waals surface area contributed by atoms with Crippen LogP contribution < -0.4 is 15.0 Å². The van der Waals surface area contributed by atoms with Crippen molar-refractivity contribution in [2.24, 2.45) is 0 Å². The van der Waals surface area contributed by atoms with E-state index in [1.807, 2.05) is 66.4 Å². The molecule has 2 aliphatic rings. The van der Waals surface area contributed by atoms with Crippen LogP contribution in [0.25, 0.3) is 0 Å². The number of carbonyl (C=O) groups is 2. The van der Waals surface area contributed by atoms with Crippen molar-refractivity contribution in [2.45, 2.75) is 26.4 Å². The van der Waals surface area contributed by atoms with E-state index < -0.39 is 6.10 Å². The van der Waals surface area contributed by atoms with Gasteiger partial charge in [-0.1, -0.05) is 37.3 Å². The summed E-state index contributed by atoms with van der Waals surface area (Å²) >= 11 is 0. The molecule has 1 aromatic heterocycles. The van der Waals surface area contributed by atoms with E-state index in [2.05, 4.69) is 17.2 Å². The van der Waals surface area contributed by atoms with Crippen LogP contribution in [0.1, 0.15) is 38.8 Å². The lowest BCUT2D eigenvalue weighted by Crippen LogP contribution is -2.39. The zero-order chi connectivity index (χ0) is 23.7.